The maximum Gasteiger partial charge on any atom is 0.248 e. The number of nitrogens with zero attached hydrogens (tertiary/aromatic N) is 1. The third-order valence-electron chi connectivity index (χ3n) is 5.14. The molecular formula is C16H28N2O2. The Kier molecular flexibility index (Phi) is 4.40. The summed E-state index contributed by atoms with van der Waals surface area (Å²) >= 11 is 0. The van der Waals surface area contributed by atoms with Gasteiger partial charge in [0.15, 0.2) is 0 Å². The topological polar surface area (TPSA) is 49.4 Å². The van der Waals surface area contributed by atoms with Crippen molar-refractivity contribution >= 4 is 11.8 Å². The number of rotatable bonds is 3. The second-order valence-electron chi connectivity index (χ2n) is 6.74. The van der Waals surface area contributed by atoms with Crippen molar-refractivity contribution in [1.82, 2.24) is 10.2 Å². The van der Waals surface area contributed by atoms with Crippen molar-refractivity contribution in [2.45, 2.75) is 83.8 Å². The minimum Gasteiger partial charge on any atom is -0.340 e. The van der Waals surface area contributed by atoms with Crippen LogP contribution in [0.4, 0.5) is 0 Å². The molecule has 4 heteroatoms. The highest BCUT2D eigenvalue weighted by atomic mass is 16.2. The lowest BCUT2D eigenvalue weighted by Gasteiger charge is -2.49. The summed E-state index contributed by atoms with van der Waals surface area (Å²) in [4.78, 5) is 27.2. The van der Waals surface area contributed by atoms with Crippen LogP contribution in [0.1, 0.15) is 66.2 Å². The highest BCUT2D eigenvalue weighted by molar-refractivity contribution is 5.99. The largest absolute Gasteiger partial charge is 0.340 e. The van der Waals surface area contributed by atoms with E-state index in [-0.39, 0.29) is 23.9 Å². The van der Waals surface area contributed by atoms with E-state index in [2.05, 4.69) is 12.2 Å². The number of carbonyl (C=O) groups is 2. The summed E-state index contributed by atoms with van der Waals surface area (Å²) < 4.78 is 0. The van der Waals surface area contributed by atoms with E-state index in [1.807, 2.05) is 25.7 Å². The molecule has 4 atom stereocenters. The van der Waals surface area contributed by atoms with Crippen molar-refractivity contribution in [3.05, 3.63) is 0 Å². The van der Waals surface area contributed by atoms with Gasteiger partial charge in [-0.3, -0.25) is 9.59 Å². The Balaban J connectivity index is 2.29. The molecule has 2 fully saturated rings. The van der Waals surface area contributed by atoms with E-state index in [0.717, 1.165) is 19.3 Å². The predicted octanol–water partition coefficient (Wildman–Crippen LogP) is 2.47. The molecule has 0 radical (unpaired) electrons. The molecule has 1 saturated carbocycles. The zero-order valence-corrected chi connectivity index (χ0v) is 13.2. The van der Waals surface area contributed by atoms with Crippen LogP contribution in [0.15, 0.2) is 0 Å². The highest BCUT2D eigenvalue weighted by Gasteiger charge is 2.48. The average Bonchev–Trinajstić information content (AvgIpc) is 2.42. The van der Waals surface area contributed by atoms with Crippen LogP contribution in [0.3, 0.4) is 0 Å². The van der Waals surface area contributed by atoms with Gasteiger partial charge in [-0.05, 0) is 38.5 Å². The lowest BCUT2D eigenvalue weighted by Crippen LogP contribution is -2.71. The lowest BCUT2D eigenvalue weighted by atomic mass is 9.82. The van der Waals surface area contributed by atoms with Crippen molar-refractivity contribution in [2.75, 3.05) is 0 Å². The number of piperazine rings is 1. The number of hydrogen-bond donors (Lipinski definition) is 1. The molecule has 4 unspecified atom stereocenters. The lowest BCUT2D eigenvalue weighted by molar-refractivity contribution is -0.158. The van der Waals surface area contributed by atoms with Gasteiger partial charge in [0.25, 0.3) is 0 Å². The smallest absolute Gasteiger partial charge is 0.248 e. The fourth-order valence-electron chi connectivity index (χ4n) is 3.66. The summed E-state index contributed by atoms with van der Waals surface area (Å²) in [6.07, 6.45) is 5.83. The number of hydrogen-bond acceptors (Lipinski definition) is 2. The first-order valence-electron chi connectivity index (χ1n) is 8.07. The first-order valence-corrected chi connectivity index (χ1v) is 8.07. The Labute approximate surface area is 122 Å². The molecule has 2 rings (SSSR count). The van der Waals surface area contributed by atoms with E-state index in [1.54, 1.807) is 0 Å². The first-order chi connectivity index (χ1) is 9.42. The zero-order valence-electron chi connectivity index (χ0n) is 13.2. The van der Waals surface area contributed by atoms with E-state index in [1.165, 1.54) is 6.42 Å². The molecule has 0 bridgehead atoms. The fourth-order valence-corrected chi connectivity index (χ4v) is 3.66. The van der Waals surface area contributed by atoms with E-state index in [9.17, 15) is 9.59 Å². The maximum atomic E-state index is 12.9. The Bertz CT molecular complexity index is 396. The van der Waals surface area contributed by atoms with Gasteiger partial charge in [0, 0.05) is 6.04 Å². The monoisotopic (exact) mass is 280 g/mol. The van der Waals surface area contributed by atoms with Gasteiger partial charge in [-0.2, -0.15) is 0 Å². The number of nitrogens with one attached hydrogen (secondary N) is 1. The van der Waals surface area contributed by atoms with Gasteiger partial charge < -0.3 is 10.2 Å². The van der Waals surface area contributed by atoms with Crippen LogP contribution in [0.2, 0.25) is 0 Å². The van der Waals surface area contributed by atoms with Gasteiger partial charge in [0.1, 0.15) is 11.6 Å². The molecule has 0 aromatic rings. The summed E-state index contributed by atoms with van der Waals surface area (Å²) in [5.74, 6) is 0.789. The van der Waals surface area contributed by atoms with Crippen LogP contribution >= 0.6 is 0 Å². The molecule has 0 aromatic carbocycles. The highest BCUT2D eigenvalue weighted by Crippen LogP contribution is 2.33. The third-order valence-corrected chi connectivity index (χ3v) is 5.14. The molecule has 0 spiro atoms. The van der Waals surface area contributed by atoms with Gasteiger partial charge in [0.2, 0.25) is 11.8 Å². The molecule has 1 aliphatic carbocycles. The molecule has 2 aliphatic rings. The minimum atomic E-state index is -0.719. The summed E-state index contributed by atoms with van der Waals surface area (Å²) in [7, 11) is 0. The molecule has 20 heavy (non-hydrogen) atoms. The van der Waals surface area contributed by atoms with E-state index in [4.69, 9.17) is 0 Å². The fraction of sp³-hybridized carbons (Fsp3) is 0.875. The van der Waals surface area contributed by atoms with Crippen molar-refractivity contribution in [1.29, 1.82) is 0 Å². The van der Waals surface area contributed by atoms with Gasteiger partial charge in [-0.1, -0.05) is 33.6 Å². The zero-order chi connectivity index (χ0) is 14.9. The summed E-state index contributed by atoms with van der Waals surface area (Å²) in [6, 6.07) is -0.0365. The van der Waals surface area contributed by atoms with Crippen LogP contribution in [-0.2, 0) is 9.59 Å². The molecule has 1 saturated heterocycles. The van der Waals surface area contributed by atoms with Crippen molar-refractivity contribution < 1.29 is 9.59 Å². The van der Waals surface area contributed by atoms with Gasteiger partial charge >= 0.3 is 0 Å². The van der Waals surface area contributed by atoms with Crippen LogP contribution in [0, 0.1) is 5.92 Å². The molecule has 2 amide bonds. The Morgan fingerprint density at radius 3 is 2.55 bits per heavy atom. The molecule has 114 valence electrons. The first kappa shape index (κ1) is 15.3. The van der Waals surface area contributed by atoms with Gasteiger partial charge in [-0.15, -0.1) is 0 Å². The van der Waals surface area contributed by atoms with Crippen molar-refractivity contribution in [2.24, 2.45) is 5.92 Å². The quantitative estimate of drug-likeness (QED) is 0.863. The van der Waals surface area contributed by atoms with Crippen molar-refractivity contribution in [3.63, 3.8) is 0 Å². The Morgan fingerprint density at radius 1 is 1.30 bits per heavy atom. The average molecular weight is 280 g/mol. The summed E-state index contributed by atoms with van der Waals surface area (Å²) in [5.41, 5.74) is -0.719. The predicted molar refractivity (Wildman–Crippen MR) is 79.2 cm³/mol. The molecule has 1 aliphatic heterocycles. The number of amides is 2. The van der Waals surface area contributed by atoms with Gasteiger partial charge in [-0.25, -0.2) is 0 Å². The molecule has 0 aromatic heterocycles. The van der Waals surface area contributed by atoms with Crippen LogP contribution < -0.4 is 5.32 Å². The standard InChI is InChI=1S/C16H28N2O2/c1-5-13-14(19)17-16(4,6-2)15(20)18(13)12-9-7-8-11(3)10-12/h11-13H,5-10H2,1-4H3,(H,17,19). The van der Waals surface area contributed by atoms with Crippen LogP contribution in [-0.4, -0.2) is 34.3 Å². The maximum absolute atomic E-state index is 12.9. The molecule has 1 heterocycles. The Hall–Kier alpha value is -1.06. The van der Waals surface area contributed by atoms with Crippen molar-refractivity contribution in [3.8, 4) is 0 Å². The van der Waals surface area contributed by atoms with Gasteiger partial charge in [0.05, 0.1) is 0 Å². The van der Waals surface area contributed by atoms with Crippen LogP contribution in [0.25, 0.3) is 0 Å². The number of carbonyl (C=O) groups excluding carboxylic acids is 2. The van der Waals surface area contributed by atoms with Crippen LogP contribution in [0.5, 0.6) is 0 Å². The van der Waals surface area contributed by atoms with E-state index < -0.39 is 5.54 Å². The second kappa shape index (κ2) is 5.74. The molecule has 4 nitrogen and oxygen atoms in total. The summed E-state index contributed by atoms with van der Waals surface area (Å²) in [6.45, 7) is 8.07. The summed E-state index contributed by atoms with van der Waals surface area (Å²) in [5, 5.41) is 2.94. The van der Waals surface area contributed by atoms with E-state index in [0.29, 0.717) is 18.8 Å². The molecular weight excluding hydrogens is 252 g/mol. The third kappa shape index (κ3) is 2.57. The van der Waals surface area contributed by atoms with E-state index >= 15 is 0 Å². The second-order valence-corrected chi connectivity index (χ2v) is 6.74. The normalized spacial score (nSPS) is 38.8. The molecule has 1 N–H and O–H groups in total. The SMILES string of the molecule is CCC1C(=O)NC(C)(CC)C(=O)N1C1CCCC(C)C1. The Morgan fingerprint density at radius 2 is 2.00 bits per heavy atom. The minimum absolute atomic E-state index is 0.0228.